The van der Waals surface area contributed by atoms with Gasteiger partial charge < -0.3 is 5.32 Å². The van der Waals surface area contributed by atoms with Crippen molar-refractivity contribution in [3.63, 3.8) is 0 Å². The van der Waals surface area contributed by atoms with E-state index >= 15 is 0 Å². The Balaban J connectivity index is 1.72. The molecule has 20 heavy (non-hydrogen) atoms. The van der Waals surface area contributed by atoms with Gasteiger partial charge in [-0.25, -0.2) is 8.42 Å². The molecule has 0 aliphatic heterocycles. The Bertz CT molecular complexity index is 666. The van der Waals surface area contributed by atoms with Crippen molar-refractivity contribution in [2.45, 2.75) is 24.2 Å². The molecule has 7 heteroatoms. The molecule has 1 N–H and O–H groups in total. The number of fused-ring (bicyclic) bond motifs is 1. The van der Waals surface area contributed by atoms with Crippen LogP contribution in [0.2, 0.25) is 0 Å². The van der Waals surface area contributed by atoms with Gasteiger partial charge in [-0.1, -0.05) is 0 Å². The first-order chi connectivity index (χ1) is 9.34. The third kappa shape index (κ3) is 2.87. The van der Waals surface area contributed by atoms with Crippen LogP contribution in [-0.2, 0) is 13.8 Å². The third-order valence-electron chi connectivity index (χ3n) is 4.09. The van der Waals surface area contributed by atoms with Crippen LogP contribution in [-0.4, -0.2) is 14.3 Å². The van der Waals surface area contributed by atoms with Crippen LogP contribution in [0.1, 0.15) is 19.3 Å². The molecule has 2 aliphatic carbocycles. The van der Waals surface area contributed by atoms with Crippen molar-refractivity contribution in [1.29, 1.82) is 0 Å². The molecule has 2 saturated carbocycles. The van der Waals surface area contributed by atoms with E-state index in [9.17, 15) is 13.2 Å². The van der Waals surface area contributed by atoms with Crippen molar-refractivity contribution in [3.05, 3.63) is 22.7 Å². The maximum absolute atomic E-state index is 12.1. The second-order valence-electron chi connectivity index (χ2n) is 5.49. The number of benzene rings is 1. The van der Waals surface area contributed by atoms with Crippen LogP contribution >= 0.6 is 26.6 Å². The maximum atomic E-state index is 12.1. The van der Waals surface area contributed by atoms with Crippen LogP contribution in [0.3, 0.4) is 0 Å². The fraction of sp³-hybridized carbons (Fsp3) is 0.462. The standard InChI is InChI=1S/C13H13BrClNO3S/c14-11-6-10(20(15,18)19)1-2-12(11)16-13(17)9-4-7-3-8(7)5-9/h1-2,6-9H,3-5H2,(H,16,17). The minimum atomic E-state index is -3.76. The quantitative estimate of drug-likeness (QED) is 0.820. The SMILES string of the molecule is O=C(Nc1ccc(S(=O)(=O)Cl)cc1Br)C1CC2CC2C1. The number of carbonyl (C=O) groups is 1. The van der Waals surface area contributed by atoms with Gasteiger partial charge in [-0.15, -0.1) is 0 Å². The molecular formula is C13H13BrClNO3S. The minimum absolute atomic E-state index is 0.00570. The Kier molecular flexibility index (Phi) is 3.59. The van der Waals surface area contributed by atoms with Crippen molar-refractivity contribution >= 4 is 47.3 Å². The second-order valence-corrected chi connectivity index (χ2v) is 8.91. The van der Waals surface area contributed by atoms with Gasteiger partial charge in [-0.3, -0.25) is 4.79 Å². The van der Waals surface area contributed by atoms with E-state index in [-0.39, 0.29) is 16.7 Å². The average Bonchev–Trinajstić information content (AvgIpc) is 2.97. The highest BCUT2D eigenvalue weighted by Gasteiger charge is 2.48. The lowest BCUT2D eigenvalue weighted by atomic mass is 10.0. The number of halogens is 2. The molecule has 0 heterocycles. The molecule has 0 radical (unpaired) electrons. The van der Waals surface area contributed by atoms with E-state index in [4.69, 9.17) is 10.7 Å². The van der Waals surface area contributed by atoms with Crippen molar-refractivity contribution < 1.29 is 13.2 Å². The Hall–Kier alpha value is -0.590. The molecule has 0 saturated heterocycles. The summed E-state index contributed by atoms with van der Waals surface area (Å²) in [7, 11) is 1.52. The molecule has 2 aliphatic rings. The fourth-order valence-corrected chi connectivity index (χ4v) is 4.32. The highest BCUT2D eigenvalue weighted by molar-refractivity contribution is 9.10. The molecule has 1 amide bonds. The van der Waals surface area contributed by atoms with Gasteiger partial charge in [-0.2, -0.15) is 0 Å². The first-order valence-electron chi connectivity index (χ1n) is 6.39. The van der Waals surface area contributed by atoms with E-state index in [0.717, 1.165) is 24.7 Å². The van der Waals surface area contributed by atoms with Crippen LogP contribution < -0.4 is 5.32 Å². The third-order valence-corrected chi connectivity index (χ3v) is 6.10. The fourth-order valence-electron chi connectivity index (χ4n) is 2.91. The minimum Gasteiger partial charge on any atom is -0.325 e. The van der Waals surface area contributed by atoms with E-state index in [0.29, 0.717) is 10.2 Å². The smallest absolute Gasteiger partial charge is 0.261 e. The second kappa shape index (κ2) is 5.00. The van der Waals surface area contributed by atoms with Crippen LogP contribution in [0.4, 0.5) is 5.69 Å². The molecule has 2 unspecified atom stereocenters. The Labute approximate surface area is 130 Å². The van der Waals surface area contributed by atoms with E-state index in [1.807, 2.05) is 0 Å². The van der Waals surface area contributed by atoms with Crippen molar-refractivity contribution in [1.82, 2.24) is 0 Å². The molecule has 3 rings (SSSR count). The van der Waals surface area contributed by atoms with Gasteiger partial charge in [-0.05, 0) is 65.2 Å². The molecule has 1 aromatic carbocycles. The number of anilines is 1. The van der Waals surface area contributed by atoms with E-state index in [1.54, 1.807) is 6.07 Å². The Morgan fingerprint density at radius 1 is 1.25 bits per heavy atom. The normalized spacial score (nSPS) is 28.0. The van der Waals surface area contributed by atoms with Gasteiger partial charge >= 0.3 is 0 Å². The molecule has 0 spiro atoms. The highest BCUT2D eigenvalue weighted by Crippen LogP contribution is 2.54. The lowest BCUT2D eigenvalue weighted by Crippen LogP contribution is -2.21. The summed E-state index contributed by atoms with van der Waals surface area (Å²) in [6.07, 6.45) is 3.22. The van der Waals surface area contributed by atoms with Gasteiger partial charge in [0.1, 0.15) is 0 Å². The van der Waals surface area contributed by atoms with Gasteiger partial charge in [0, 0.05) is 21.1 Å². The van der Waals surface area contributed by atoms with Crippen molar-refractivity contribution in [3.8, 4) is 0 Å². The monoisotopic (exact) mass is 377 g/mol. The van der Waals surface area contributed by atoms with Crippen LogP contribution in [0.15, 0.2) is 27.6 Å². The molecular weight excluding hydrogens is 366 g/mol. The summed E-state index contributed by atoms with van der Waals surface area (Å²) in [5, 5.41) is 2.85. The van der Waals surface area contributed by atoms with Gasteiger partial charge in [0.05, 0.1) is 10.6 Å². The zero-order valence-electron chi connectivity index (χ0n) is 10.5. The lowest BCUT2D eigenvalue weighted by Gasteiger charge is -2.13. The molecule has 0 bridgehead atoms. The van der Waals surface area contributed by atoms with Gasteiger partial charge in [0.2, 0.25) is 5.91 Å². The summed E-state index contributed by atoms with van der Waals surface area (Å²) in [6, 6.07) is 4.33. The van der Waals surface area contributed by atoms with Crippen molar-refractivity contribution in [2.24, 2.45) is 17.8 Å². The molecule has 2 fully saturated rings. The topological polar surface area (TPSA) is 63.2 Å². The number of amides is 1. The van der Waals surface area contributed by atoms with Crippen molar-refractivity contribution in [2.75, 3.05) is 5.32 Å². The Morgan fingerprint density at radius 3 is 2.45 bits per heavy atom. The first-order valence-corrected chi connectivity index (χ1v) is 9.50. The van der Waals surface area contributed by atoms with Crippen LogP contribution in [0.25, 0.3) is 0 Å². The lowest BCUT2D eigenvalue weighted by molar-refractivity contribution is -0.120. The summed E-state index contributed by atoms with van der Waals surface area (Å²) >= 11 is 3.26. The largest absolute Gasteiger partial charge is 0.325 e. The highest BCUT2D eigenvalue weighted by atomic mass is 79.9. The maximum Gasteiger partial charge on any atom is 0.261 e. The van der Waals surface area contributed by atoms with E-state index < -0.39 is 9.05 Å². The summed E-state index contributed by atoms with van der Waals surface area (Å²) in [6.45, 7) is 0. The number of rotatable bonds is 3. The number of hydrogen-bond donors (Lipinski definition) is 1. The number of carbonyl (C=O) groups excluding carboxylic acids is 1. The predicted octanol–water partition coefficient (Wildman–Crippen LogP) is 3.36. The Morgan fingerprint density at radius 2 is 1.90 bits per heavy atom. The summed E-state index contributed by atoms with van der Waals surface area (Å²) in [5.41, 5.74) is 0.569. The van der Waals surface area contributed by atoms with Gasteiger partial charge in [0.25, 0.3) is 9.05 Å². The summed E-state index contributed by atoms with van der Waals surface area (Å²) in [5.74, 6) is 1.59. The van der Waals surface area contributed by atoms with E-state index in [2.05, 4.69) is 21.2 Å². The zero-order chi connectivity index (χ0) is 14.5. The van der Waals surface area contributed by atoms with E-state index in [1.165, 1.54) is 18.6 Å². The predicted molar refractivity (Wildman–Crippen MR) is 80.1 cm³/mol. The molecule has 2 atom stereocenters. The number of hydrogen-bond acceptors (Lipinski definition) is 3. The molecule has 4 nitrogen and oxygen atoms in total. The molecule has 0 aromatic heterocycles. The zero-order valence-corrected chi connectivity index (χ0v) is 13.6. The molecule has 1 aromatic rings. The summed E-state index contributed by atoms with van der Waals surface area (Å²) in [4.78, 5) is 12.1. The first kappa shape index (κ1) is 14.4. The summed E-state index contributed by atoms with van der Waals surface area (Å²) < 4.78 is 23.0. The average molecular weight is 379 g/mol. The van der Waals surface area contributed by atoms with Gasteiger partial charge in [0.15, 0.2) is 0 Å². The van der Waals surface area contributed by atoms with Crippen LogP contribution in [0, 0.1) is 17.8 Å². The van der Waals surface area contributed by atoms with Crippen LogP contribution in [0.5, 0.6) is 0 Å². The number of nitrogens with one attached hydrogen (secondary N) is 1. The molecule has 108 valence electrons.